The van der Waals surface area contributed by atoms with Crippen LogP contribution in [0.4, 0.5) is 20.2 Å². The number of hydrogen-bond acceptors (Lipinski definition) is 3. The summed E-state index contributed by atoms with van der Waals surface area (Å²) < 4.78 is 32.1. The molecule has 1 fully saturated rings. The highest BCUT2D eigenvalue weighted by Gasteiger charge is 2.22. The molecule has 0 unspecified atom stereocenters. The number of halogens is 2. The van der Waals surface area contributed by atoms with Crippen LogP contribution in [0.3, 0.4) is 0 Å². The van der Waals surface area contributed by atoms with Gasteiger partial charge in [-0.2, -0.15) is 0 Å². The molecule has 3 aromatic carbocycles. The van der Waals surface area contributed by atoms with Gasteiger partial charge in [0.25, 0.3) is 5.91 Å². The van der Waals surface area contributed by atoms with E-state index in [1.54, 1.807) is 17.0 Å². The van der Waals surface area contributed by atoms with Crippen molar-refractivity contribution in [1.82, 2.24) is 4.90 Å². The van der Waals surface area contributed by atoms with Gasteiger partial charge in [0, 0.05) is 41.5 Å². The van der Waals surface area contributed by atoms with Gasteiger partial charge in [-0.25, -0.2) is 8.78 Å². The van der Waals surface area contributed by atoms with E-state index in [4.69, 9.17) is 4.74 Å². The number of nitrogens with one attached hydrogen (secondary N) is 1. The number of benzene rings is 3. The zero-order valence-electron chi connectivity index (χ0n) is 15.5. The highest BCUT2D eigenvalue weighted by atomic mass is 19.2. The molecule has 144 valence electrons. The maximum absolute atomic E-state index is 13.6. The summed E-state index contributed by atoms with van der Waals surface area (Å²) in [5.74, 6) is -1.83. The van der Waals surface area contributed by atoms with Crippen molar-refractivity contribution in [3.8, 4) is 0 Å². The second-order valence-corrected chi connectivity index (χ2v) is 6.82. The Morgan fingerprint density at radius 1 is 1.04 bits per heavy atom. The minimum atomic E-state index is -0.912. The average Bonchev–Trinajstić information content (AvgIpc) is 2.71. The quantitative estimate of drug-likeness (QED) is 0.717. The van der Waals surface area contributed by atoms with Crippen LogP contribution in [-0.4, -0.2) is 37.1 Å². The van der Waals surface area contributed by atoms with Gasteiger partial charge in [-0.3, -0.25) is 4.79 Å². The lowest BCUT2D eigenvalue weighted by Crippen LogP contribution is -2.40. The Kier molecular flexibility index (Phi) is 4.96. The predicted octanol–water partition coefficient (Wildman–Crippen LogP) is 4.64. The number of nitrogens with zero attached hydrogens (tertiary/aromatic N) is 1. The molecular formula is C22H20F2N2O2. The summed E-state index contributed by atoms with van der Waals surface area (Å²) in [6.45, 7) is 4.18. The van der Waals surface area contributed by atoms with Crippen LogP contribution < -0.4 is 5.32 Å². The molecule has 4 nitrogen and oxygen atoms in total. The molecule has 1 aliphatic rings. The normalized spacial score (nSPS) is 14.3. The fourth-order valence-electron chi connectivity index (χ4n) is 3.54. The molecule has 1 N–H and O–H groups in total. The lowest BCUT2D eigenvalue weighted by Gasteiger charge is -2.27. The molecule has 4 rings (SSSR count). The molecule has 0 atom stereocenters. The van der Waals surface area contributed by atoms with Gasteiger partial charge < -0.3 is 15.0 Å². The van der Waals surface area contributed by atoms with Crippen LogP contribution in [0.2, 0.25) is 0 Å². The smallest absolute Gasteiger partial charge is 0.254 e. The first-order valence-corrected chi connectivity index (χ1v) is 9.16. The number of rotatable bonds is 3. The Labute approximate surface area is 161 Å². The molecule has 0 radical (unpaired) electrons. The summed E-state index contributed by atoms with van der Waals surface area (Å²) in [6, 6.07) is 13.1. The van der Waals surface area contributed by atoms with Crippen molar-refractivity contribution in [3.63, 3.8) is 0 Å². The molecule has 1 amide bonds. The molecule has 28 heavy (non-hydrogen) atoms. The maximum Gasteiger partial charge on any atom is 0.254 e. The number of amides is 1. The van der Waals surface area contributed by atoms with Crippen molar-refractivity contribution in [2.24, 2.45) is 0 Å². The van der Waals surface area contributed by atoms with Crippen LogP contribution in [0.25, 0.3) is 10.8 Å². The molecule has 0 aliphatic carbocycles. The number of fused-ring (bicyclic) bond motifs is 1. The minimum absolute atomic E-state index is 0.0259. The summed E-state index contributed by atoms with van der Waals surface area (Å²) in [5, 5.41) is 4.84. The Bertz CT molecular complexity index is 1050. The van der Waals surface area contributed by atoms with E-state index in [0.29, 0.717) is 37.6 Å². The molecule has 0 bridgehead atoms. The first-order chi connectivity index (χ1) is 13.5. The van der Waals surface area contributed by atoms with Crippen LogP contribution in [0.15, 0.2) is 48.5 Å². The lowest BCUT2D eigenvalue weighted by molar-refractivity contribution is 0.0304. The van der Waals surface area contributed by atoms with E-state index < -0.39 is 11.6 Å². The van der Waals surface area contributed by atoms with Crippen molar-refractivity contribution in [3.05, 3.63) is 71.3 Å². The third kappa shape index (κ3) is 3.43. The Hall–Kier alpha value is -2.99. The zero-order valence-corrected chi connectivity index (χ0v) is 15.5. The molecule has 0 aromatic heterocycles. The number of carbonyl (C=O) groups is 1. The predicted molar refractivity (Wildman–Crippen MR) is 105 cm³/mol. The first kappa shape index (κ1) is 18.4. The average molecular weight is 382 g/mol. The highest BCUT2D eigenvalue weighted by Crippen LogP contribution is 2.32. The first-order valence-electron chi connectivity index (χ1n) is 9.16. The molecule has 6 heteroatoms. The molecule has 0 spiro atoms. The number of ether oxygens (including phenoxy) is 1. The fourth-order valence-corrected chi connectivity index (χ4v) is 3.54. The maximum atomic E-state index is 13.6. The van der Waals surface area contributed by atoms with Crippen molar-refractivity contribution >= 4 is 28.1 Å². The van der Waals surface area contributed by atoms with Gasteiger partial charge in [0.1, 0.15) is 0 Å². The monoisotopic (exact) mass is 382 g/mol. The molecule has 1 saturated heterocycles. The van der Waals surface area contributed by atoms with Crippen molar-refractivity contribution in [2.75, 3.05) is 31.6 Å². The Morgan fingerprint density at radius 2 is 1.82 bits per heavy atom. The third-order valence-corrected chi connectivity index (χ3v) is 4.98. The van der Waals surface area contributed by atoms with Gasteiger partial charge in [0.15, 0.2) is 11.6 Å². The standard InChI is InChI=1S/C22H20F2N2O2/c1-14-3-2-4-16-20(25-15-5-7-18(23)19(24)13-15)8-6-17(21(14)16)22(27)26-9-11-28-12-10-26/h2-8,13,25H,9-12H2,1H3. The second-order valence-electron chi connectivity index (χ2n) is 6.82. The SMILES string of the molecule is Cc1cccc2c(Nc3ccc(F)c(F)c3)ccc(C(=O)N3CCOCC3)c12. The van der Waals surface area contributed by atoms with Crippen LogP contribution in [0.1, 0.15) is 15.9 Å². The van der Waals surface area contributed by atoms with Gasteiger partial charge in [-0.15, -0.1) is 0 Å². The van der Waals surface area contributed by atoms with E-state index >= 15 is 0 Å². The summed E-state index contributed by atoms with van der Waals surface area (Å²) in [6.07, 6.45) is 0. The summed E-state index contributed by atoms with van der Waals surface area (Å²) in [4.78, 5) is 14.9. The molecular weight excluding hydrogens is 362 g/mol. The zero-order chi connectivity index (χ0) is 19.7. The fraction of sp³-hybridized carbons (Fsp3) is 0.227. The van der Waals surface area contributed by atoms with Gasteiger partial charge in [-0.05, 0) is 42.1 Å². The number of hydrogen-bond donors (Lipinski definition) is 1. The summed E-state index contributed by atoms with van der Waals surface area (Å²) in [7, 11) is 0. The van der Waals surface area contributed by atoms with Crippen LogP contribution in [0, 0.1) is 18.6 Å². The lowest BCUT2D eigenvalue weighted by atomic mass is 9.97. The van der Waals surface area contributed by atoms with Gasteiger partial charge in [0.05, 0.1) is 13.2 Å². The minimum Gasteiger partial charge on any atom is -0.378 e. The molecule has 1 aliphatic heterocycles. The van der Waals surface area contributed by atoms with E-state index in [1.807, 2.05) is 25.1 Å². The largest absolute Gasteiger partial charge is 0.378 e. The molecule has 3 aromatic rings. The van der Waals surface area contributed by atoms with E-state index in [9.17, 15) is 13.6 Å². The van der Waals surface area contributed by atoms with Crippen molar-refractivity contribution in [2.45, 2.75) is 6.92 Å². The number of aryl methyl sites for hydroxylation is 1. The van der Waals surface area contributed by atoms with Crippen molar-refractivity contribution < 1.29 is 18.3 Å². The van der Waals surface area contributed by atoms with Crippen LogP contribution in [-0.2, 0) is 4.74 Å². The summed E-state index contributed by atoms with van der Waals surface area (Å²) in [5.41, 5.74) is 2.77. The topological polar surface area (TPSA) is 41.6 Å². The van der Waals surface area contributed by atoms with Gasteiger partial charge in [-0.1, -0.05) is 18.2 Å². The van der Waals surface area contributed by atoms with Crippen LogP contribution in [0.5, 0.6) is 0 Å². The van der Waals surface area contributed by atoms with E-state index in [0.717, 1.165) is 34.2 Å². The van der Waals surface area contributed by atoms with E-state index in [-0.39, 0.29) is 5.91 Å². The number of anilines is 2. The van der Waals surface area contributed by atoms with E-state index in [2.05, 4.69) is 5.32 Å². The number of morpholine rings is 1. The molecule has 0 saturated carbocycles. The summed E-state index contributed by atoms with van der Waals surface area (Å²) >= 11 is 0. The number of carbonyl (C=O) groups excluding carboxylic acids is 1. The van der Waals surface area contributed by atoms with E-state index in [1.165, 1.54) is 6.07 Å². The van der Waals surface area contributed by atoms with Gasteiger partial charge >= 0.3 is 0 Å². The Morgan fingerprint density at radius 3 is 2.57 bits per heavy atom. The molecule has 1 heterocycles. The highest BCUT2D eigenvalue weighted by molar-refractivity contribution is 6.11. The van der Waals surface area contributed by atoms with Crippen molar-refractivity contribution in [1.29, 1.82) is 0 Å². The van der Waals surface area contributed by atoms with Crippen LogP contribution >= 0.6 is 0 Å². The van der Waals surface area contributed by atoms with Gasteiger partial charge in [0.2, 0.25) is 0 Å². The second kappa shape index (κ2) is 7.56. The Balaban J connectivity index is 1.76. The third-order valence-electron chi connectivity index (χ3n) is 4.98.